The van der Waals surface area contributed by atoms with Crippen LogP contribution >= 0.6 is 11.6 Å². The van der Waals surface area contributed by atoms with Gasteiger partial charge in [-0.25, -0.2) is 4.39 Å². The van der Waals surface area contributed by atoms with Crippen molar-refractivity contribution in [3.63, 3.8) is 0 Å². The van der Waals surface area contributed by atoms with E-state index in [0.717, 1.165) is 25.7 Å². The third-order valence-electron chi connectivity index (χ3n) is 5.23. The number of benzene rings is 1. The van der Waals surface area contributed by atoms with Crippen molar-refractivity contribution in [2.75, 3.05) is 33.9 Å². The number of ether oxygens (including phenoxy) is 2. The molecule has 0 spiro atoms. The van der Waals surface area contributed by atoms with E-state index < -0.39 is 5.82 Å². The van der Waals surface area contributed by atoms with Gasteiger partial charge >= 0.3 is 0 Å². The van der Waals surface area contributed by atoms with Crippen molar-refractivity contribution in [3.8, 4) is 5.75 Å². The fraction of sp³-hybridized carbons (Fsp3) is 0.632. The molecule has 1 amide bonds. The lowest BCUT2D eigenvalue weighted by Crippen LogP contribution is -2.54. The van der Waals surface area contributed by atoms with E-state index in [2.05, 4.69) is 17.6 Å². The summed E-state index contributed by atoms with van der Waals surface area (Å²) < 4.78 is 24.4. The third-order valence-corrected chi connectivity index (χ3v) is 5.54. The first kappa shape index (κ1) is 20.9. The molecule has 0 heterocycles. The Morgan fingerprint density at radius 3 is 2.77 bits per heavy atom. The van der Waals surface area contributed by atoms with Gasteiger partial charge in [0.1, 0.15) is 18.2 Å². The highest BCUT2D eigenvalue weighted by atomic mass is 35.5. The van der Waals surface area contributed by atoms with Crippen molar-refractivity contribution in [2.24, 2.45) is 5.41 Å². The molecule has 2 N–H and O–H groups in total. The topological polar surface area (TPSA) is 59.6 Å². The quantitative estimate of drug-likeness (QED) is 0.684. The first-order valence-electron chi connectivity index (χ1n) is 8.90. The molecule has 2 unspecified atom stereocenters. The minimum atomic E-state index is -0.488. The van der Waals surface area contributed by atoms with Gasteiger partial charge in [-0.15, -0.1) is 0 Å². The molecule has 2 rings (SSSR count). The van der Waals surface area contributed by atoms with Gasteiger partial charge in [-0.2, -0.15) is 0 Å². The highest BCUT2D eigenvalue weighted by Crippen LogP contribution is 2.46. The number of amides is 1. The standard InChI is InChI=1S/C19H28ClFN2O3/c1-4-18(13-26-14-5-6-15(20)16(21)9-14)7-8-19(11-18,12-22-2)23-17(24)10-25-3/h5-6,9,22H,4,7-8,10-13H2,1-3H3,(H,23,24). The zero-order chi connectivity index (χ0) is 19.2. The Morgan fingerprint density at radius 1 is 1.38 bits per heavy atom. The SMILES string of the molecule is CCC1(COc2ccc(Cl)c(F)c2)CCC(CNC)(NC(=O)COC)C1. The van der Waals surface area contributed by atoms with Crippen molar-refractivity contribution in [1.82, 2.24) is 10.6 Å². The lowest BCUT2D eigenvalue weighted by molar-refractivity contribution is -0.126. The van der Waals surface area contributed by atoms with Crippen LogP contribution in [0.2, 0.25) is 5.02 Å². The highest BCUT2D eigenvalue weighted by Gasteiger charge is 2.48. The summed E-state index contributed by atoms with van der Waals surface area (Å²) in [6.07, 6.45) is 3.49. The number of rotatable bonds is 9. The average molecular weight is 387 g/mol. The Balaban J connectivity index is 2.07. The second-order valence-electron chi connectivity index (χ2n) is 7.19. The van der Waals surface area contributed by atoms with Gasteiger partial charge in [0, 0.05) is 25.1 Å². The van der Waals surface area contributed by atoms with E-state index >= 15 is 0 Å². The summed E-state index contributed by atoms with van der Waals surface area (Å²) in [5.41, 5.74) is -0.401. The minimum Gasteiger partial charge on any atom is -0.493 e. The van der Waals surface area contributed by atoms with E-state index in [4.69, 9.17) is 21.1 Å². The minimum absolute atomic E-state index is 0.0468. The van der Waals surface area contributed by atoms with Gasteiger partial charge in [-0.1, -0.05) is 18.5 Å². The largest absolute Gasteiger partial charge is 0.493 e. The zero-order valence-electron chi connectivity index (χ0n) is 15.7. The number of carbonyl (C=O) groups is 1. The summed E-state index contributed by atoms with van der Waals surface area (Å²) in [6.45, 7) is 3.32. The molecule has 26 heavy (non-hydrogen) atoms. The molecule has 5 nitrogen and oxygen atoms in total. The highest BCUT2D eigenvalue weighted by molar-refractivity contribution is 6.30. The Hall–Kier alpha value is -1.37. The lowest BCUT2D eigenvalue weighted by atomic mass is 9.81. The van der Waals surface area contributed by atoms with Crippen molar-refractivity contribution in [1.29, 1.82) is 0 Å². The van der Waals surface area contributed by atoms with Crippen LogP contribution in [0.25, 0.3) is 0 Å². The van der Waals surface area contributed by atoms with Crippen LogP contribution in [0.5, 0.6) is 5.75 Å². The van der Waals surface area contributed by atoms with E-state index in [1.165, 1.54) is 19.2 Å². The van der Waals surface area contributed by atoms with E-state index in [9.17, 15) is 9.18 Å². The molecule has 1 aliphatic carbocycles. The number of nitrogens with one attached hydrogen (secondary N) is 2. The van der Waals surface area contributed by atoms with Crippen molar-refractivity contribution in [2.45, 2.75) is 38.1 Å². The third kappa shape index (κ3) is 5.09. The Labute approximate surface area is 159 Å². The summed E-state index contributed by atoms with van der Waals surface area (Å²) in [7, 11) is 3.39. The van der Waals surface area contributed by atoms with Gasteiger partial charge in [-0.3, -0.25) is 4.79 Å². The van der Waals surface area contributed by atoms with Crippen molar-refractivity contribution < 1.29 is 18.7 Å². The maximum absolute atomic E-state index is 13.6. The lowest BCUT2D eigenvalue weighted by Gasteiger charge is -2.34. The van der Waals surface area contributed by atoms with Gasteiger partial charge in [0.2, 0.25) is 5.91 Å². The van der Waals surface area contributed by atoms with Crippen LogP contribution in [-0.4, -0.2) is 45.4 Å². The summed E-state index contributed by atoms with van der Waals surface area (Å²) in [5, 5.41) is 6.41. The molecular formula is C19H28ClFN2O3. The fourth-order valence-corrected chi connectivity index (χ4v) is 3.95. The molecule has 146 valence electrons. The molecule has 1 aromatic carbocycles. The maximum atomic E-state index is 13.6. The van der Waals surface area contributed by atoms with Crippen LogP contribution in [0.1, 0.15) is 32.6 Å². The van der Waals surface area contributed by atoms with Gasteiger partial charge in [0.05, 0.1) is 17.2 Å². The molecule has 1 aliphatic rings. The van der Waals surface area contributed by atoms with Gasteiger partial charge in [0.25, 0.3) is 0 Å². The van der Waals surface area contributed by atoms with Crippen molar-refractivity contribution >= 4 is 17.5 Å². The first-order chi connectivity index (χ1) is 12.4. The number of methoxy groups -OCH3 is 1. The first-order valence-corrected chi connectivity index (χ1v) is 9.28. The van der Waals surface area contributed by atoms with Crippen molar-refractivity contribution in [3.05, 3.63) is 29.0 Å². The van der Waals surface area contributed by atoms with Gasteiger partial charge in [0.15, 0.2) is 0 Å². The number of halogens is 2. The second kappa shape index (κ2) is 9.02. The summed E-state index contributed by atoms with van der Waals surface area (Å²) in [5.74, 6) is -0.137. The molecule has 0 aromatic heterocycles. The van der Waals surface area contributed by atoms with Crippen LogP contribution in [-0.2, 0) is 9.53 Å². The predicted octanol–water partition coefficient (Wildman–Crippen LogP) is 3.16. The monoisotopic (exact) mass is 386 g/mol. The molecular weight excluding hydrogens is 359 g/mol. The molecule has 0 radical (unpaired) electrons. The van der Waals surface area contributed by atoms with E-state index in [-0.39, 0.29) is 28.5 Å². The Bertz CT molecular complexity index is 631. The summed E-state index contributed by atoms with van der Waals surface area (Å²) in [6, 6.07) is 4.47. The molecule has 7 heteroatoms. The van der Waals surface area contributed by atoms with Crippen LogP contribution < -0.4 is 15.4 Å². The predicted molar refractivity (Wildman–Crippen MR) is 100 cm³/mol. The van der Waals surface area contributed by atoms with E-state index in [0.29, 0.717) is 18.9 Å². The van der Waals surface area contributed by atoms with Crippen LogP contribution in [0.15, 0.2) is 18.2 Å². The molecule has 0 bridgehead atoms. The molecule has 1 saturated carbocycles. The Morgan fingerprint density at radius 2 is 2.15 bits per heavy atom. The number of hydrogen-bond donors (Lipinski definition) is 2. The normalized spacial score (nSPS) is 25.3. The number of likely N-dealkylation sites (N-methyl/N-ethyl adjacent to an activating group) is 1. The van der Waals surface area contributed by atoms with E-state index in [1.807, 2.05) is 7.05 Å². The van der Waals surface area contributed by atoms with Crippen LogP contribution in [0.3, 0.4) is 0 Å². The van der Waals surface area contributed by atoms with E-state index in [1.54, 1.807) is 6.07 Å². The molecule has 0 aliphatic heterocycles. The molecule has 2 atom stereocenters. The number of hydrogen-bond acceptors (Lipinski definition) is 4. The molecule has 0 saturated heterocycles. The smallest absolute Gasteiger partial charge is 0.246 e. The molecule has 1 aromatic rings. The second-order valence-corrected chi connectivity index (χ2v) is 7.59. The summed E-state index contributed by atoms with van der Waals surface area (Å²) in [4.78, 5) is 12.1. The average Bonchev–Trinajstić information content (AvgIpc) is 2.96. The molecule has 1 fully saturated rings. The van der Waals surface area contributed by atoms with Crippen LogP contribution in [0, 0.1) is 11.2 Å². The van der Waals surface area contributed by atoms with Crippen LogP contribution in [0.4, 0.5) is 4.39 Å². The maximum Gasteiger partial charge on any atom is 0.246 e. The summed E-state index contributed by atoms with van der Waals surface area (Å²) >= 11 is 5.72. The fourth-order valence-electron chi connectivity index (χ4n) is 3.83. The zero-order valence-corrected chi connectivity index (χ0v) is 16.4. The van der Waals surface area contributed by atoms with Gasteiger partial charge in [-0.05, 0) is 44.9 Å². The Kier molecular flexibility index (Phi) is 7.26. The van der Waals surface area contributed by atoms with Gasteiger partial charge < -0.3 is 20.1 Å². The number of carbonyl (C=O) groups excluding carboxylic acids is 1.